The first-order valence-corrected chi connectivity index (χ1v) is 14.6. The van der Waals surface area contributed by atoms with Gasteiger partial charge in [0.2, 0.25) is 21.8 Å². The van der Waals surface area contributed by atoms with E-state index in [2.05, 4.69) is 5.32 Å². The molecule has 1 N–H and O–H groups in total. The molecule has 0 aromatic heterocycles. The zero-order chi connectivity index (χ0) is 26.5. The molecule has 36 heavy (non-hydrogen) atoms. The molecular formula is C26H33Cl2N3O4S. The monoisotopic (exact) mass is 553 g/mol. The summed E-state index contributed by atoms with van der Waals surface area (Å²) in [6.45, 7) is 3.05. The van der Waals surface area contributed by atoms with Crippen molar-refractivity contribution in [3.05, 3.63) is 63.6 Å². The van der Waals surface area contributed by atoms with Gasteiger partial charge in [0.15, 0.2) is 0 Å². The number of carbonyl (C=O) groups excluding carboxylic acids is 2. The molecule has 3 rings (SSSR count). The summed E-state index contributed by atoms with van der Waals surface area (Å²) in [6.07, 6.45) is 6.17. The summed E-state index contributed by atoms with van der Waals surface area (Å²) in [4.78, 5) is 28.3. The fraction of sp³-hybridized carbons (Fsp3) is 0.462. The Labute approximate surface area is 223 Å². The summed E-state index contributed by atoms with van der Waals surface area (Å²) >= 11 is 12.2. The normalized spacial score (nSPS) is 15.2. The number of amides is 2. The third kappa shape index (κ3) is 7.60. The number of benzene rings is 2. The van der Waals surface area contributed by atoms with Crippen LogP contribution in [0.5, 0.6) is 0 Å². The summed E-state index contributed by atoms with van der Waals surface area (Å²) < 4.78 is 26.5. The Bertz CT molecular complexity index is 1200. The molecule has 196 valence electrons. The van der Waals surface area contributed by atoms with E-state index >= 15 is 0 Å². The Morgan fingerprint density at radius 3 is 2.33 bits per heavy atom. The third-order valence-corrected chi connectivity index (χ3v) is 8.06. The van der Waals surface area contributed by atoms with E-state index in [1.54, 1.807) is 50.2 Å². The molecule has 0 spiro atoms. The highest BCUT2D eigenvalue weighted by atomic mass is 35.5. The Morgan fingerprint density at radius 2 is 1.72 bits per heavy atom. The number of carbonyl (C=O) groups is 2. The Hall–Kier alpha value is -2.29. The molecule has 0 aliphatic heterocycles. The van der Waals surface area contributed by atoms with Crippen molar-refractivity contribution >= 4 is 50.7 Å². The van der Waals surface area contributed by atoms with Gasteiger partial charge in [0.05, 0.1) is 11.9 Å². The van der Waals surface area contributed by atoms with Crippen LogP contribution in [0.2, 0.25) is 10.0 Å². The highest BCUT2D eigenvalue weighted by Gasteiger charge is 2.31. The maximum Gasteiger partial charge on any atom is 0.244 e. The molecule has 0 unspecified atom stereocenters. The highest BCUT2D eigenvalue weighted by Crippen LogP contribution is 2.26. The SMILES string of the molecule is Cc1cc(Cl)ccc1N(CC(=O)N(Cc1cccc(Cl)c1)[C@@H](C)C(=O)NC1CCCCC1)S(C)(=O)=O. The van der Waals surface area contributed by atoms with Crippen molar-refractivity contribution in [3.8, 4) is 0 Å². The lowest BCUT2D eigenvalue weighted by atomic mass is 9.95. The van der Waals surface area contributed by atoms with Gasteiger partial charge in [-0.3, -0.25) is 13.9 Å². The molecule has 2 aromatic rings. The largest absolute Gasteiger partial charge is 0.352 e. The predicted octanol–water partition coefficient (Wildman–Crippen LogP) is 4.93. The lowest BCUT2D eigenvalue weighted by Crippen LogP contribution is -2.53. The molecule has 0 saturated heterocycles. The van der Waals surface area contributed by atoms with Gasteiger partial charge in [0.1, 0.15) is 12.6 Å². The molecule has 0 heterocycles. The minimum atomic E-state index is -3.81. The lowest BCUT2D eigenvalue weighted by molar-refractivity contribution is -0.139. The first kappa shape index (κ1) is 28.3. The van der Waals surface area contributed by atoms with Crippen LogP contribution in [-0.4, -0.2) is 50.0 Å². The van der Waals surface area contributed by atoms with Gasteiger partial charge in [-0.2, -0.15) is 0 Å². The van der Waals surface area contributed by atoms with Crippen molar-refractivity contribution in [2.45, 2.75) is 64.6 Å². The first-order chi connectivity index (χ1) is 17.0. The van der Waals surface area contributed by atoms with Gasteiger partial charge in [0, 0.05) is 22.6 Å². The Morgan fingerprint density at radius 1 is 1.06 bits per heavy atom. The molecule has 2 amide bonds. The Kier molecular flexibility index (Phi) is 9.66. The third-order valence-electron chi connectivity index (χ3n) is 6.47. The van der Waals surface area contributed by atoms with E-state index in [4.69, 9.17) is 23.2 Å². The van der Waals surface area contributed by atoms with E-state index in [-0.39, 0.29) is 18.5 Å². The van der Waals surface area contributed by atoms with E-state index in [9.17, 15) is 18.0 Å². The van der Waals surface area contributed by atoms with Crippen molar-refractivity contribution in [2.75, 3.05) is 17.1 Å². The topological polar surface area (TPSA) is 86.8 Å². The quantitative estimate of drug-likeness (QED) is 0.476. The number of sulfonamides is 1. The molecule has 1 atom stereocenters. The van der Waals surface area contributed by atoms with Crippen molar-refractivity contribution in [1.82, 2.24) is 10.2 Å². The number of aryl methyl sites for hydroxylation is 1. The molecule has 1 fully saturated rings. The molecule has 7 nitrogen and oxygen atoms in total. The predicted molar refractivity (Wildman–Crippen MR) is 145 cm³/mol. The van der Waals surface area contributed by atoms with Gasteiger partial charge in [0.25, 0.3) is 0 Å². The molecule has 1 aliphatic rings. The molecule has 1 aliphatic carbocycles. The zero-order valence-corrected chi connectivity index (χ0v) is 23.2. The molecule has 2 aromatic carbocycles. The average molecular weight is 555 g/mol. The van der Waals surface area contributed by atoms with Crippen LogP contribution in [0.25, 0.3) is 0 Å². The Balaban J connectivity index is 1.89. The summed E-state index contributed by atoms with van der Waals surface area (Å²) in [5.41, 5.74) is 1.71. The number of nitrogens with one attached hydrogen (secondary N) is 1. The van der Waals surface area contributed by atoms with Crippen LogP contribution in [0.3, 0.4) is 0 Å². The number of anilines is 1. The van der Waals surface area contributed by atoms with Crippen LogP contribution in [0.15, 0.2) is 42.5 Å². The van der Waals surface area contributed by atoms with Gasteiger partial charge in [-0.1, -0.05) is 54.6 Å². The lowest BCUT2D eigenvalue weighted by Gasteiger charge is -2.33. The second-order valence-electron chi connectivity index (χ2n) is 9.37. The summed E-state index contributed by atoms with van der Waals surface area (Å²) in [7, 11) is -3.81. The molecular weight excluding hydrogens is 521 g/mol. The first-order valence-electron chi connectivity index (χ1n) is 12.0. The van der Waals surface area contributed by atoms with E-state index < -0.39 is 28.5 Å². The van der Waals surface area contributed by atoms with Crippen LogP contribution in [0.4, 0.5) is 5.69 Å². The average Bonchev–Trinajstić information content (AvgIpc) is 2.81. The highest BCUT2D eigenvalue weighted by molar-refractivity contribution is 7.92. The van der Waals surface area contributed by atoms with Crippen LogP contribution >= 0.6 is 23.2 Å². The van der Waals surface area contributed by atoms with Crippen LogP contribution < -0.4 is 9.62 Å². The maximum absolute atomic E-state index is 13.7. The standard InChI is InChI=1S/C26H33Cl2N3O4S/c1-18-14-22(28)12-13-24(18)31(36(3,34)35)17-25(32)30(16-20-8-7-9-21(27)15-20)19(2)26(33)29-23-10-5-4-6-11-23/h7-9,12-15,19,23H,4-6,10-11,16-17H2,1-3H3,(H,29,33)/t19-/m0/s1. The van der Waals surface area contributed by atoms with Crippen molar-refractivity contribution in [2.24, 2.45) is 0 Å². The van der Waals surface area contributed by atoms with Crippen LogP contribution in [0.1, 0.15) is 50.2 Å². The van der Waals surface area contributed by atoms with E-state index in [0.717, 1.165) is 48.2 Å². The molecule has 10 heteroatoms. The van der Waals surface area contributed by atoms with Crippen LogP contribution in [-0.2, 0) is 26.2 Å². The number of nitrogens with zero attached hydrogens (tertiary/aromatic N) is 2. The maximum atomic E-state index is 13.7. The van der Waals surface area contributed by atoms with Gasteiger partial charge in [-0.15, -0.1) is 0 Å². The molecule has 0 bridgehead atoms. The smallest absolute Gasteiger partial charge is 0.244 e. The van der Waals surface area contributed by atoms with Gasteiger partial charge in [-0.25, -0.2) is 8.42 Å². The van der Waals surface area contributed by atoms with E-state index in [0.29, 0.717) is 21.3 Å². The van der Waals surface area contributed by atoms with Crippen molar-refractivity contribution < 1.29 is 18.0 Å². The van der Waals surface area contributed by atoms with Gasteiger partial charge >= 0.3 is 0 Å². The van der Waals surface area contributed by atoms with Gasteiger partial charge in [-0.05, 0) is 68.1 Å². The van der Waals surface area contributed by atoms with Gasteiger partial charge < -0.3 is 10.2 Å². The number of hydrogen-bond donors (Lipinski definition) is 1. The van der Waals surface area contributed by atoms with Crippen LogP contribution in [0, 0.1) is 6.92 Å². The van der Waals surface area contributed by atoms with E-state index in [1.807, 2.05) is 6.07 Å². The fourth-order valence-electron chi connectivity index (χ4n) is 4.48. The summed E-state index contributed by atoms with van der Waals surface area (Å²) in [5.74, 6) is -0.757. The van der Waals surface area contributed by atoms with E-state index in [1.165, 1.54) is 4.90 Å². The summed E-state index contributed by atoms with van der Waals surface area (Å²) in [5, 5.41) is 4.05. The number of halogens is 2. The van der Waals surface area contributed by atoms with Crippen molar-refractivity contribution in [1.29, 1.82) is 0 Å². The second kappa shape index (κ2) is 12.3. The number of rotatable bonds is 9. The zero-order valence-electron chi connectivity index (χ0n) is 20.8. The second-order valence-corrected chi connectivity index (χ2v) is 12.2. The summed E-state index contributed by atoms with van der Waals surface area (Å²) in [6, 6.07) is 11.1. The molecule has 0 radical (unpaired) electrons. The minimum absolute atomic E-state index is 0.0843. The fourth-order valence-corrected chi connectivity index (χ4v) is 5.82. The van der Waals surface area contributed by atoms with Crippen molar-refractivity contribution in [3.63, 3.8) is 0 Å². The minimum Gasteiger partial charge on any atom is -0.352 e. The number of hydrogen-bond acceptors (Lipinski definition) is 4. The molecule has 1 saturated carbocycles.